The Morgan fingerprint density at radius 2 is 2.17 bits per heavy atom. The number of rotatable bonds is 8. The Bertz CT molecular complexity index is 261. The molecule has 0 heterocycles. The Morgan fingerprint density at radius 3 is 2.83 bits per heavy atom. The van der Waals surface area contributed by atoms with Gasteiger partial charge in [-0.3, -0.25) is 0 Å². The van der Waals surface area contributed by atoms with Crippen LogP contribution >= 0.6 is 0 Å². The van der Waals surface area contributed by atoms with Crippen molar-refractivity contribution in [2.45, 2.75) is 57.6 Å². The smallest absolute Gasteiger partial charge is 0.0885 e. The second-order valence-corrected chi connectivity index (χ2v) is 5.52. The van der Waals surface area contributed by atoms with Crippen LogP contribution in [0.15, 0.2) is 12.8 Å². The largest absolute Gasteiger partial charge is 0.502 e. The quantitative estimate of drug-likeness (QED) is 0.533. The molecule has 104 valence electrons. The van der Waals surface area contributed by atoms with Crippen molar-refractivity contribution in [3.63, 3.8) is 0 Å². The van der Waals surface area contributed by atoms with Crippen LogP contribution < -0.4 is 5.32 Å². The first-order valence-electron chi connectivity index (χ1n) is 7.41. The second-order valence-electron chi connectivity index (χ2n) is 5.52. The molecule has 0 aromatic rings. The summed E-state index contributed by atoms with van der Waals surface area (Å²) in [6, 6.07) is 0.667. The Hall–Kier alpha value is -0.540. The summed E-state index contributed by atoms with van der Waals surface area (Å²) in [4.78, 5) is 0. The van der Waals surface area contributed by atoms with E-state index in [1.54, 1.807) is 0 Å². The molecule has 0 saturated heterocycles. The van der Waals surface area contributed by atoms with Gasteiger partial charge >= 0.3 is 0 Å². The van der Waals surface area contributed by atoms with Gasteiger partial charge in [-0.05, 0) is 39.2 Å². The molecule has 0 amide bonds. The van der Waals surface area contributed by atoms with E-state index >= 15 is 0 Å². The van der Waals surface area contributed by atoms with Gasteiger partial charge in [0.2, 0.25) is 0 Å². The van der Waals surface area contributed by atoms with Crippen molar-refractivity contribution in [1.29, 1.82) is 0 Å². The first-order chi connectivity index (χ1) is 8.83. The first kappa shape index (κ1) is 13.9. The van der Waals surface area contributed by atoms with E-state index in [1.807, 2.05) is 0 Å². The number of nitrogens with one attached hydrogen (secondary N) is 1. The Balaban J connectivity index is 1.74. The van der Waals surface area contributed by atoms with E-state index in [0.717, 1.165) is 26.2 Å². The van der Waals surface area contributed by atoms with Gasteiger partial charge in [0.1, 0.15) is 0 Å². The molecule has 0 radical (unpaired) electrons. The molecule has 3 nitrogen and oxygen atoms in total. The minimum Gasteiger partial charge on any atom is -0.502 e. The van der Waals surface area contributed by atoms with Gasteiger partial charge in [0.25, 0.3) is 0 Å². The van der Waals surface area contributed by atoms with E-state index < -0.39 is 0 Å². The van der Waals surface area contributed by atoms with Crippen molar-refractivity contribution in [1.82, 2.24) is 5.32 Å². The van der Waals surface area contributed by atoms with Crippen molar-refractivity contribution in [2.75, 3.05) is 19.8 Å². The Labute approximate surface area is 111 Å². The molecule has 3 heteroatoms. The summed E-state index contributed by atoms with van der Waals surface area (Å²) in [7, 11) is 0. The highest BCUT2D eigenvalue weighted by atomic mass is 16.5. The van der Waals surface area contributed by atoms with Crippen molar-refractivity contribution in [3.05, 3.63) is 12.8 Å². The lowest BCUT2D eigenvalue weighted by molar-refractivity contribution is -0.130. The van der Waals surface area contributed by atoms with Crippen LogP contribution in [-0.4, -0.2) is 31.9 Å². The van der Waals surface area contributed by atoms with E-state index in [2.05, 4.69) is 18.8 Å². The van der Waals surface area contributed by atoms with Gasteiger partial charge in [-0.15, -0.1) is 0 Å². The normalized spacial score (nSPS) is 29.2. The molecule has 2 atom stereocenters. The molecule has 0 bridgehead atoms. The van der Waals surface area contributed by atoms with E-state index in [4.69, 9.17) is 9.47 Å². The van der Waals surface area contributed by atoms with E-state index in [9.17, 15) is 0 Å². The highest BCUT2D eigenvalue weighted by Gasteiger charge is 2.56. The zero-order valence-electron chi connectivity index (χ0n) is 11.6. The fraction of sp³-hybridized carbons (Fsp3) is 0.867. The molecule has 2 aliphatic rings. The summed E-state index contributed by atoms with van der Waals surface area (Å²) >= 11 is 0. The minimum atomic E-state index is 0.454. The molecule has 2 fully saturated rings. The molecule has 18 heavy (non-hydrogen) atoms. The number of hydrogen-bond acceptors (Lipinski definition) is 3. The van der Waals surface area contributed by atoms with E-state index in [1.165, 1.54) is 38.4 Å². The summed E-state index contributed by atoms with van der Waals surface area (Å²) in [6.45, 7) is 8.32. The van der Waals surface area contributed by atoms with Gasteiger partial charge in [0.05, 0.1) is 19.0 Å². The van der Waals surface area contributed by atoms with Crippen molar-refractivity contribution >= 4 is 0 Å². The van der Waals surface area contributed by atoms with E-state index in [0.29, 0.717) is 17.6 Å². The molecule has 0 aliphatic heterocycles. The predicted molar refractivity (Wildman–Crippen MR) is 73.5 cm³/mol. The van der Waals surface area contributed by atoms with Gasteiger partial charge in [0, 0.05) is 18.1 Å². The van der Waals surface area contributed by atoms with Gasteiger partial charge in [-0.2, -0.15) is 0 Å². The average molecular weight is 253 g/mol. The highest BCUT2D eigenvalue weighted by Crippen LogP contribution is 2.54. The second kappa shape index (κ2) is 6.58. The third kappa shape index (κ3) is 2.72. The van der Waals surface area contributed by atoms with Crippen LogP contribution in [0.3, 0.4) is 0 Å². The zero-order valence-corrected chi connectivity index (χ0v) is 11.6. The molecular weight excluding hydrogens is 226 g/mol. The summed E-state index contributed by atoms with van der Waals surface area (Å²) in [6.07, 6.45) is 9.72. The first-order valence-corrected chi connectivity index (χ1v) is 7.41. The maximum absolute atomic E-state index is 5.91. The summed E-state index contributed by atoms with van der Waals surface area (Å²) in [5.41, 5.74) is 0.454. The maximum Gasteiger partial charge on any atom is 0.0885 e. The lowest BCUT2D eigenvalue weighted by Gasteiger charge is -2.54. The predicted octanol–water partition coefficient (Wildman–Crippen LogP) is 2.86. The van der Waals surface area contributed by atoms with E-state index in [-0.39, 0.29) is 0 Å². The van der Waals surface area contributed by atoms with Gasteiger partial charge < -0.3 is 14.8 Å². The monoisotopic (exact) mass is 253 g/mol. The third-order valence-electron chi connectivity index (χ3n) is 4.63. The summed E-state index contributed by atoms with van der Waals surface area (Å²) < 4.78 is 11.1. The van der Waals surface area contributed by atoms with Crippen LogP contribution in [0, 0.1) is 5.41 Å². The Morgan fingerprint density at radius 1 is 1.39 bits per heavy atom. The summed E-state index contributed by atoms with van der Waals surface area (Å²) in [5, 5.41) is 3.70. The van der Waals surface area contributed by atoms with Crippen LogP contribution in [-0.2, 0) is 9.47 Å². The number of ether oxygens (including phenoxy) is 2. The van der Waals surface area contributed by atoms with Crippen LogP contribution in [0.2, 0.25) is 0 Å². The summed E-state index contributed by atoms with van der Waals surface area (Å²) in [5.74, 6) is 0. The van der Waals surface area contributed by atoms with Gasteiger partial charge in [-0.1, -0.05) is 19.4 Å². The SMILES string of the molecule is C=COCCCNC1CC(OCC)C12CCCC2. The molecule has 2 unspecified atom stereocenters. The van der Waals surface area contributed by atoms with Gasteiger partial charge in [-0.25, -0.2) is 0 Å². The molecule has 0 aromatic carbocycles. The fourth-order valence-electron chi connectivity index (χ4n) is 3.69. The van der Waals surface area contributed by atoms with Crippen LogP contribution in [0.1, 0.15) is 45.4 Å². The van der Waals surface area contributed by atoms with Crippen molar-refractivity contribution in [2.24, 2.45) is 5.41 Å². The lowest BCUT2D eigenvalue weighted by atomic mass is 9.60. The molecule has 2 saturated carbocycles. The van der Waals surface area contributed by atoms with Crippen LogP contribution in [0.4, 0.5) is 0 Å². The highest BCUT2D eigenvalue weighted by molar-refractivity contribution is 5.09. The minimum absolute atomic E-state index is 0.454. The Kier molecular flexibility index (Phi) is 5.07. The maximum atomic E-state index is 5.91. The molecular formula is C15H27NO2. The van der Waals surface area contributed by atoms with Gasteiger partial charge in [0.15, 0.2) is 0 Å². The molecule has 2 aliphatic carbocycles. The van der Waals surface area contributed by atoms with Crippen LogP contribution in [0.5, 0.6) is 0 Å². The third-order valence-corrected chi connectivity index (χ3v) is 4.63. The number of hydrogen-bond donors (Lipinski definition) is 1. The topological polar surface area (TPSA) is 30.5 Å². The zero-order chi connectivity index (χ0) is 12.8. The van der Waals surface area contributed by atoms with Crippen molar-refractivity contribution < 1.29 is 9.47 Å². The molecule has 1 spiro atoms. The molecule has 1 N–H and O–H groups in total. The standard InChI is InChI=1S/C15H27NO2/c1-3-17-11-7-10-16-13-12-14(18-4-2)15(13)8-5-6-9-15/h3,13-14,16H,1,4-12H2,2H3. The molecule has 2 rings (SSSR count). The fourth-order valence-corrected chi connectivity index (χ4v) is 3.69. The van der Waals surface area contributed by atoms with Crippen LogP contribution in [0.25, 0.3) is 0 Å². The average Bonchev–Trinajstić information content (AvgIpc) is 2.88. The van der Waals surface area contributed by atoms with Crippen molar-refractivity contribution in [3.8, 4) is 0 Å². The molecule has 0 aromatic heterocycles. The lowest BCUT2D eigenvalue weighted by Crippen LogP contribution is -2.62.